The largest absolute Gasteiger partial charge is 0.497 e. The Morgan fingerprint density at radius 1 is 1.42 bits per heavy atom. The molecule has 4 nitrogen and oxygen atoms in total. The number of carbonyl (C=O) groups excluding carboxylic acids is 1. The Labute approximate surface area is 114 Å². The zero-order valence-corrected chi connectivity index (χ0v) is 11.7. The van der Waals surface area contributed by atoms with Crippen LogP contribution in [0.25, 0.3) is 0 Å². The molecule has 0 aliphatic carbocycles. The summed E-state index contributed by atoms with van der Waals surface area (Å²) in [6.07, 6.45) is 2.22. The minimum atomic E-state index is 0.116. The zero-order valence-electron chi connectivity index (χ0n) is 11.7. The number of carbonyl (C=O) groups is 1. The van der Waals surface area contributed by atoms with E-state index in [1.807, 2.05) is 29.2 Å². The lowest BCUT2D eigenvalue weighted by Gasteiger charge is -2.33. The van der Waals surface area contributed by atoms with Crippen LogP contribution in [0.1, 0.15) is 30.1 Å². The molecule has 1 aromatic rings. The van der Waals surface area contributed by atoms with Crippen LogP contribution >= 0.6 is 0 Å². The van der Waals surface area contributed by atoms with Gasteiger partial charge in [0.1, 0.15) is 5.75 Å². The normalized spacial score (nSPS) is 19.3. The number of nitrogens with zero attached hydrogens (tertiary/aromatic N) is 1. The highest BCUT2D eigenvalue weighted by molar-refractivity contribution is 5.94. The molecular formula is C15H22N2O2. The summed E-state index contributed by atoms with van der Waals surface area (Å²) >= 11 is 0. The zero-order chi connectivity index (χ0) is 13.7. The number of hydrogen-bond donors (Lipinski definition) is 1. The van der Waals surface area contributed by atoms with E-state index in [9.17, 15) is 4.79 Å². The Bertz CT molecular complexity index is 415. The molecule has 1 aliphatic rings. The molecule has 19 heavy (non-hydrogen) atoms. The van der Waals surface area contributed by atoms with E-state index in [1.54, 1.807) is 7.11 Å². The molecular weight excluding hydrogens is 240 g/mol. The second kappa shape index (κ2) is 6.57. The van der Waals surface area contributed by atoms with Crippen molar-refractivity contribution in [3.63, 3.8) is 0 Å². The number of hydrogen-bond acceptors (Lipinski definition) is 3. The average molecular weight is 262 g/mol. The van der Waals surface area contributed by atoms with Crippen molar-refractivity contribution in [2.45, 2.75) is 25.8 Å². The van der Waals surface area contributed by atoms with Gasteiger partial charge in [-0.25, -0.2) is 0 Å². The van der Waals surface area contributed by atoms with Gasteiger partial charge in [0.2, 0.25) is 0 Å². The monoisotopic (exact) mass is 262 g/mol. The minimum absolute atomic E-state index is 0.116. The third-order valence-corrected chi connectivity index (χ3v) is 3.54. The Kier molecular flexibility index (Phi) is 4.80. The van der Waals surface area contributed by atoms with Gasteiger partial charge in [-0.3, -0.25) is 4.79 Å². The summed E-state index contributed by atoms with van der Waals surface area (Å²) in [5, 5.41) is 3.43. The van der Waals surface area contributed by atoms with Gasteiger partial charge in [-0.05, 0) is 43.7 Å². The number of likely N-dealkylation sites (tertiary alicyclic amines) is 1. The highest BCUT2D eigenvalue weighted by Gasteiger charge is 2.23. The number of amides is 1. The molecule has 1 unspecified atom stereocenters. The maximum atomic E-state index is 12.4. The summed E-state index contributed by atoms with van der Waals surface area (Å²) in [5.41, 5.74) is 0.734. The Morgan fingerprint density at radius 2 is 2.16 bits per heavy atom. The molecule has 1 N–H and O–H groups in total. The average Bonchev–Trinajstić information content (AvgIpc) is 2.47. The van der Waals surface area contributed by atoms with E-state index in [0.29, 0.717) is 6.04 Å². The molecule has 2 rings (SSSR count). The molecule has 0 saturated carbocycles. The SMILES string of the molecule is CCNC1CCCN(C(=O)c2ccc(OC)cc2)C1. The van der Waals surface area contributed by atoms with Crippen LogP contribution in [0.4, 0.5) is 0 Å². The summed E-state index contributed by atoms with van der Waals surface area (Å²) in [5.74, 6) is 0.894. The van der Waals surface area contributed by atoms with Crippen molar-refractivity contribution in [3.8, 4) is 5.75 Å². The molecule has 0 bridgehead atoms. The first-order chi connectivity index (χ1) is 9.24. The molecule has 1 fully saturated rings. The lowest BCUT2D eigenvalue weighted by molar-refractivity contribution is 0.0695. The van der Waals surface area contributed by atoms with Gasteiger partial charge in [0.15, 0.2) is 0 Å². The summed E-state index contributed by atoms with van der Waals surface area (Å²) in [4.78, 5) is 14.3. The van der Waals surface area contributed by atoms with Crippen molar-refractivity contribution in [1.29, 1.82) is 0 Å². The van der Waals surface area contributed by atoms with Gasteiger partial charge >= 0.3 is 0 Å². The second-order valence-corrected chi connectivity index (χ2v) is 4.88. The molecule has 1 saturated heterocycles. The minimum Gasteiger partial charge on any atom is -0.497 e. The van der Waals surface area contributed by atoms with Crippen molar-refractivity contribution in [2.75, 3.05) is 26.7 Å². The van der Waals surface area contributed by atoms with Crippen LogP contribution in [-0.2, 0) is 0 Å². The third kappa shape index (κ3) is 3.47. The van der Waals surface area contributed by atoms with Crippen molar-refractivity contribution < 1.29 is 9.53 Å². The van der Waals surface area contributed by atoms with E-state index < -0.39 is 0 Å². The smallest absolute Gasteiger partial charge is 0.253 e. The topological polar surface area (TPSA) is 41.6 Å². The van der Waals surface area contributed by atoms with Crippen LogP contribution in [0.15, 0.2) is 24.3 Å². The number of ether oxygens (including phenoxy) is 1. The summed E-state index contributed by atoms with van der Waals surface area (Å²) < 4.78 is 5.11. The lowest BCUT2D eigenvalue weighted by Crippen LogP contribution is -2.47. The van der Waals surface area contributed by atoms with E-state index in [0.717, 1.165) is 43.8 Å². The molecule has 0 aromatic heterocycles. The van der Waals surface area contributed by atoms with Gasteiger partial charge in [-0.15, -0.1) is 0 Å². The number of benzene rings is 1. The molecule has 104 valence electrons. The first-order valence-electron chi connectivity index (χ1n) is 6.91. The molecule has 0 radical (unpaired) electrons. The van der Waals surface area contributed by atoms with Crippen molar-refractivity contribution in [3.05, 3.63) is 29.8 Å². The number of nitrogens with one attached hydrogen (secondary N) is 1. The second-order valence-electron chi connectivity index (χ2n) is 4.88. The number of methoxy groups -OCH3 is 1. The van der Waals surface area contributed by atoms with Crippen LogP contribution in [0, 0.1) is 0 Å². The molecule has 1 aromatic carbocycles. The standard InChI is InChI=1S/C15H22N2O2/c1-3-16-13-5-4-10-17(11-13)15(18)12-6-8-14(19-2)9-7-12/h6-9,13,16H,3-5,10-11H2,1-2H3. The van der Waals surface area contributed by atoms with E-state index in [-0.39, 0.29) is 5.91 Å². The Balaban J connectivity index is 2.01. The molecule has 4 heteroatoms. The maximum absolute atomic E-state index is 12.4. The van der Waals surface area contributed by atoms with Gasteiger partial charge in [0, 0.05) is 24.7 Å². The Hall–Kier alpha value is -1.55. The first-order valence-corrected chi connectivity index (χ1v) is 6.91. The van der Waals surface area contributed by atoms with Gasteiger partial charge in [0.05, 0.1) is 7.11 Å². The van der Waals surface area contributed by atoms with Crippen LogP contribution in [0.3, 0.4) is 0 Å². The molecule has 1 atom stereocenters. The quantitative estimate of drug-likeness (QED) is 0.901. The van der Waals surface area contributed by atoms with Crippen molar-refractivity contribution >= 4 is 5.91 Å². The fourth-order valence-corrected chi connectivity index (χ4v) is 2.53. The highest BCUT2D eigenvalue weighted by atomic mass is 16.5. The lowest BCUT2D eigenvalue weighted by atomic mass is 10.0. The molecule has 0 spiro atoms. The fourth-order valence-electron chi connectivity index (χ4n) is 2.53. The maximum Gasteiger partial charge on any atom is 0.253 e. The summed E-state index contributed by atoms with van der Waals surface area (Å²) in [6.45, 7) is 4.71. The predicted octanol–water partition coefficient (Wildman–Crippen LogP) is 1.91. The fraction of sp³-hybridized carbons (Fsp3) is 0.533. The van der Waals surface area contributed by atoms with Gasteiger partial charge in [0.25, 0.3) is 5.91 Å². The van der Waals surface area contributed by atoms with Gasteiger partial charge < -0.3 is 15.0 Å². The van der Waals surface area contributed by atoms with Crippen LogP contribution in [0.2, 0.25) is 0 Å². The number of piperidine rings is 1. The summed E-state index contributed by atoms with van der Waals surface area (Å²) in [7, 11) is 1.63. The van der Waals surface area contributed by atoms with Crippen molar-refractivity contribution in [1.82, 2.24) is 10.2 Å². The Morgan fingerprint density at radius 3 is 2.79 bits per heavy atom. The molecule has 1 aliphatic heterocycles. The van der Waals surface area contributed by atoms with E-state index >= 15 is 0 Å². The third-order valence-electron chi connectivity index (χ3n) is 3.54. The number of rotatable bonds is 4. The molecule has 1 amide bonds. The number of likely N-dealkylation sites (N-methyl/N-ethyl adjacent to an activating group) is 1. The van der Waals surface area contributed by atoms with Crippen LogP contribution in [-0.4, -0.2) is 43.6 Å². The van der Waals surface area contributed by atoms with Gasteiger partial charge in [-0.1, -0.05) is 6.92 Å². The molecule has 1 heterocycles. The van der Waals surface area contributed by atoms with Crippen molar-refractivity contribution in [2.24, 2.45) is 0 Å². The van der Waals surface area contributed by atoms with E-state index in [1.165, 1.54) is 0 Å². The van der Waals surface area contributed by atoms with E-state index in [4.69, 9.17) is 4.74 Å². The van der Waals surface area contributed by atoms with E-state index in [2.05, 4.69) is 12.2 Å². The highest BCUT2D eigenvalue weighted by Crippen LogP contribution is 2.16. The predicted molar refractivity (Wildman–Crippen MR) is 75.6 cm³/mol. The first kappa shape index (κ1) is 13.9. The van der Waals surface area contributed by atoms with Gasteiger partial charge in [-0.2, -0.15) is 0 Å². The van der Waals surface area contributed by atoms with Crippen LogP contribution < -0.4 is 10.1 Å². The van der Waals surface area contributed by atoms with Crippen LogP contribution in [0.5, 0.6) is 5.75 Å². The summed E-state index contributed by atoms with van der Waals surface area (Å²) in [6, 6.07) is 7.76.